The predicted molar refractivity (Wildman–Crippen MR) is 62.9 cm³/mol. The summed E-state index contributed by atoms with van der Waals surface area (Å²) in [6.45, 7) is 3.64. The maximum Gasteiger partial charge on any atom is 0.393 e. The molecular formula is C13H15F4NO. The minimum Gasteiger partial charge on any atom is -0.352 e. The molecule has 19 heavy (non-hydrogen) atoms. The third-order valence-corrected chi connectivity index (χ3v) is 2.74. The molecule has 0 saturated carbocycles. The third-order valence-electron chi connectivity index (χ3n) is 2.74. The smallest absolute Gasteiger partial charge is 0.352 e. The molecule has 1 rings (SSSR count). The molecule has 0 spiro atoms. The van der Waals surface area contributed by atoms with Crippen LogP contribution in [0.15, 0.2) is 18.2 Å². The molecule has 1 aromatic rings. The Morgan fingerprint density at radius 3 is 2.37 bits per heavy atom. The first-order valence-corrected chi connectivity index (χ1v) is 5.79. The van der Waals surface area contributed by atoms with Gasteiger partial charge in [-0.05, 0) is 23.1 Å². The summed E-state index contributed by atoms with van der Waals surface area (Å²) in [6.07, 6.45) is -5.25. The number of rotatable bonds is 5. The summed E-state index contributed by atoms with van der Waals surface area (Å²) in [5, 5.41) is 2.52. The van der Waals surface area contributed by atoms with E-state index in [4.69, 9.17) is 0 Å². The van der Waals surface area contributed by atoms with Crippen LogP contribution in [0.25, 0.3) is 0 Å². The average molecular weight is 277 g/mol. The van der Waals surface area contributed by atoms with Gasteiger partial charge in [0.05, 0.1) is 12.5 Å². The molecule has 1 aromatic carbocycles. The van der Waals surface area contributed by atoms with Crippen molar-refractivity contribution >= 4 is 6.41 Å². The van der Waals surface area contributed by atoms with Crippen molar-refractivity contribution in [1.82, 2.24) is 5.32 Å². The second-order valence-corrected chi connectivity index (χ2v) is 4.65. The summed E-state index contributed by atoms with van der Waals surface area (Å²) in [5.41, 5.74) is 0.0513. The van der Waals surface area contributed by atoms with Crippen molar-refractivity contribution in [3.8, 4) is 0 Å². The van der Waals surface area contributed by atoms with Gasteiger partial charge in [-0.25, -0.2) is 4.39 Å². The molecule has 0 aliphatic carbocycles. The molecule has 6 heteroatoms. The summed E-state index contributed by atoms with van der Waals surface area (Å²) in [6, 6.07) is 3.14. The molecule has 1 N–H and O–H groups in total. The van der Waals surface area contributed by atoms with Crippen LogP contribution in [0, 0.1) is 11.7 Å². The quantitative estimate of drug-likeness (QED) is 0.649. The van der Waals surface area contributed by atoms with Crippen LogP contribution in [-0.2, 0) is 11.2 Å². The number of benzene rings is 1. The van der Waals surface area contributed by atoms with Crippen LogP contribution < -0.4 is 5.32 Å². The van der Waals surface area contributed by atoms with Gasteiger partial charge in [0.25, 0.3) is 0 Å². The monoisotopic (exact) mass is 277 g/mol. The second kappa shape index (κ2) is 6.04. The number of nitrogens with one attached hydrogen (secondary N) is 1. The first-order valence-electron chi connectivity index (χ1n) is 5.79. The maximum atomic E-state index is 13.6. The normalized spacial score (nSPS) is 13.4. The summed E-state index contributed by atoms with van der Waals surface area (Å²) < 4.78 is 50.2. The van der Waals surface area contributed by atoms with Crippen molar-refractivity contribution in [3.63, 3.8) is 0 Å². The van der Waals surface area contributed by atoms with E-state index in [1.165, 1.54) is 6.07 Å². The molecule has 0 aliphatic rings. The van der Waals surface area contributed by atoms with E-state index in [1.807, 2.05) is 13.8 Å². The molecule has 0 fully saturated rings. The Morgan fingerprint density at radius 2 is 1.95 bits per heavy atom. The van der Waals surface area contributed by atoms with Crippen LogP contribution in [0.5, 0.6) is 0 Å². The van der Waals surface area contributed by atoms with Gasteiger partial charge in [0.2, 0.25) is 6.41 Å². The van der Waals surface area contributed by atoms with Crippen LogP contribution in [-0.4, -0.2) is 12.6 Å². The van der Waals surface area contributed by atoms with Crippen LogP contribution in [0.1, 0.15) is 31.0 Å². The minimum atomic E-state index is -4.44. The van der Waals surface area contributed by atoms with Crippen molar-refractivity contribution in [3.05, 3.63) is 35.1 Å². The summed E-state index contributed by atoms with van der Waals surface area (Å²) in [5.74, 6) is -0.911. The van der Waals surface area contributed by atoms with Crippen LogP contribution in [0.4, 0.5) is 17.6 Å². The fourth-order valence-corrected chi connectivity index (χ4v) is 1.86. The van der Waals surface area contributed by atoms with Gasteiger partial charge in [-0.2, -0.15) is 13.2 Å². The largest absolute Gasteiger partial charge is 0.393 e. The molecule has 0 saturated heterocycles. The van der Waals surface area contributed by atoms with Gasteiger partial charge in [0, 0.05) is 0 Å². The Kier molecular flexibility index (Phi) is 4.91. The topological polar surface area (TPSA) is 29.1 Å². The number of carbonyl (C=O) groups excluding carboxylic acids is 1. The van der Waals surface area contributed by atoms with E-state index >= 15 is 0 Å². The molecule has 0 bridgehead atoms. The number of hydrogen-bond donors (Lipinski definition) is 1. The number of hydrogen-bond acceptors (Lipinski definition) is 1. The maximum absolute atomic E-state index is 13.6. The van der Waals surface area contributed by atoms with E-state index in [1.54, 1.807) is 0 Å². The molecule has 1 unspecified atom stereocenters. The number of halogens is 4. The van der Waals surface area contributed by atoms with Crippen molar-refractivity contribution in [1.29, 1.82) is 0 Å². The number of amides is 1. The number of carbonyl (C=O) groups is 1. The minimum absolute atomic E-state index is 0.00179. The summed E-state index contributed by atoms with van der Waals surface area (Å²) in [4.78, 5) is 10.5. The lowest BCUT2D eigenvalue weighted by atomic mass is 9.94. The van der Waals surface area contributed by atoms with E-state index in [9.17, 15) is 22.4 Å². The Bertz CT molecular complexity index is 443. The highest BCUT2D eigenvalue weighted by molar-refractivity contribution is 5.48. The molecule has 1 atom stereocenters. The lowest BCUT2D eigenvalue weighted by Crippen LogP contribution is -2.24. The average Bonchev–Trinajstić information content (AvgIpc) is 2.27. The van der Waals surface area contributed by atoms with Gasteiger partial charge in [0.15, 0.2) is 0 Å². The number of alkyl halides is 3. The van der Waals surface area contributed by atoms with Crippen molar-refractivity contribution < 1.29 is 22.4 Å². The fraction of sp³-hybridized carbons (Fsp3) is 0.462. The van der Waals surface area contributed by atoms with Gasteiger partial charge >= 0.3 is 6.18 Å². The van der Waals surface area contributed by atoms with Crippen LogP contribution >= 0.6 is 0 Å². The molecule has 0 aliphatic heterocycles. The molecule has 106 valence electrons. The standard InChI is InChI=1S/C13H15F4NO/c1-8(2)12(18-7-19)9-3-4-10(11(14)5-9)6-13(15,16)17/h3-5,7-8,12H,6H2,1-2H3,(H,18,19). The summed E-state index contributed by atoms with van der Waals surface area (Å²) >= 11 is 0. The van der Waals surface area contributed by atoms with E-state index in [-0.39, 0.29) is 5.92 Å². The van der Waals surface area contributed by atoms with Gasteiger partial charge in [0.1, 0.15) is 5.82 Å². The second-order valence-electron chi connectivity index (χ2n) is 4.65. The zero-order valence-electron chi connectivity index (χ0n) is 10.6. The van der Waals surface area contributed by atoms with Gasteiger partial charge in [-0.15, -0.1) is 0 Å². The Morgan fingerprint density at radius 1 is 1.32 bits per heavy atom. The van der Waals surface area contributed by atoms with Crippen molar-refractivity contribution in [2.75, 3.05) is 0 Å². The highest BCUT2D eigenvalue weighted by Gasteiger charge is 2.29. The van der Waals surface area contributed by atoms with E-state index in [0.29, 0.717) is 12.0 Å². The zero-order chi connectivity index (χ0) is 14.6. The SMILES string of the molecule is CC(C)C(NC=O)c1ccc(CC(F)(F)F)c(F)c1. The Balaban J connectivity index is 3.01. The Labute approximate surface area is 108 Å². The molecule has 0 heterocycles. The molecule has 2 nitrogen and oxygen atoms in total. The van der Waals surface area contributed by atoms with Crippen LogP contribution in [0.2, 0.25) is 0 Å². The van der Waals surface area contributed by atoms with E-state index in [2.05, 4.69) is 5.32 Å². The Hall–Kier alpha value is -1.59. The third kappa shape index (κ3) is 4.54. The highest BCUT2D eigenvalue weighted by Crippen LogP contribution is 2.27. The first-order chi connectivity index (χ1) is 8.74. The van der Waals surface area contributed by atoms with Gasteiger partial charge < -0.3 is 5.32 Å². The van der Waals surface area contributed by atoms with Gasteiger partial charge in [-0.3, -0.25) is 4.79 Å². The van der Waals surface area contributed by atoms with Gasteiger partial charge in [-0.1, -0.05) is 26.0 Å². The van der Waals surface area contributed by atoms with E-state index < -0.39 is 30.0 Å². The zero-order valence-corrected chi connectivity index (χ0v) is 10.6. The molecule has 1 amide bonds. The van der Waals surface area contributed by atoms with Crippen molar-refractivity contribution in [2.45, 2.75) is 32.5 Å². The fourth-order valence-electron chi connectivity index (χ4n) is 1.86. The predicted octanol–water partition coefficient (Wildman–Crippen LogP) is 3.37. The van der Waals surface area contributed by atoms with E-state index in [0.717, 1.165) is 12.1 Å². The molecular weight excluding hydrogens is 262 g/mol. The summed E-state index contributed by atoms with van der Waals surface area (Å²) in [7, 11) is 0. The lowest BCUT2D eigenvalue weighted by molar-refractivity contribution is -0.127. The molecule has 0 aromatic heterocycles. The van der Waals surface area contributed by atoms with Crippen LogP contribution in [0.3, 0.4) is 0 Å². The highest BCUT2D eigenvalue weighted by atomic mass is 19.4. The van der Waals surface area contributed by atoms with Crippen molar-refractivity contribution in [2.24, 2.45) is 5.92 Å². The first kappa shape index (κ1) is 15.5. The lowest BCUT2D eigenvalue weighted by Gasteiger charge is -2.21. The molecule has 0 radical (unpaired) electrons.